The van der Waals surface area contributed by atoms with Gasteiger partial charge in [-0.25, -0.2) is 14.5 Å². The molecule has 1 fully saturated rings. The quantitative estimate of drug-likeness (QED) is 0.254. The number of rotatable bonds is 4. The SMILES string of the molecule is O=C1NC(=O)N(c2ccc(Br)cc2)C(=O)/C1=C\c1ccc(OC(=O)c2ccccc2)cc1. The number of benzene rings is 3. The highest BCUT2D eigenvalue weighted by atomic mass is 79.9. The Morgan fingerprint density at radius 3 is 2.19 bits per heavy atom. The van der Waals surface area contributed by atoms with E-state index in [0.29, 0.717) is 22.6 Å². The topological polar surface area (TPSA) is 92.8 Å². The predicted molar refractivity (Wildman–Crippen MR) is 121 cm³/mol. The summed E-state index contributed by atoms with van der Waals surface area (Å²) < 4.78 is 6.11. The van der Waals surface area contributed by atoms with E-state index in [4.69, 9.17) is 4.74 Å². The molecular weight excluding hydrogens is 476 g/mol. The number of barbiturate groups is 1. The molecule has 1 aliphatic heterocycles. The number of hydrogen-bond acceptors (Lipinski definition) is 5. The van der Waals surface area contributed by atoms with Gasteiger partial charge in [0.05, 0.1) is 11.3 Å². The van der Waals surface area contributed by atoms with Crippen LogP contribution in [0, 0.1) is 0 Å². The molecule has 1 aliphatic rings. The molecule has 0 bridgehead atoms. The van der Waals surface area contributed by atoms with Gasteiger partial charge in [0.15, 0.2) is 0 Å². The Kier molecular flexibility index (Phi) is 5.96. The second-order valence-electron chi connectivity index (χ2n) is 6.76. The maximum Gasteiger partial charge on any atom is 0.343 e. The van der Waals surface area contributed by atoms with E-state index in [-0.39, 0.29) is 5.57 Å². The first kappa shape index (κ1) is 21.2. The van der Waals surface area contributed by atoms with Gasteiger partial charge in [-0.1, -0.05) is 46.3 Å². The number of halogens is 1. The number of ether oxygens (including phenoxy) is 1. The third kappa shape index (κ3) is 4.50. The maximum atomic E-state index is 12.9. The molecule has 0 spiro atoms. The molecule has 0 radical (unpaired) electrons. The Bertz CT molecular complexity index is 1240. The Morgan fingerprint density at radius 2 is 1.53 bits per heavy atom. The van der Waals surface area contributed by atoms with Gasteiger partial charge in [-0.2, -0.15) is 0 Å². The first-order valence-electron chi connectivity index (χ1n) is 9.47. The molecule has 8 heteroatoms. The van der Waals surface area contributed by atoms with Crippen LogP contribution in [0.4, 0.5) is 10.5 Å². The molecule has 158 valence electrons. The molecule has 1 heterocycles. The lowest BCUT2D eigenvalue weighted by atomic mass is 10.1. The summed E-state index contributed by atoms with van der Waals surface area (Å²) in [5.41, 5.74) is 1.08. The van der Waals surface area contributed by atoms with Crippen molar-refractivity contribution in [1.82, 2.24) is 5.32 Å². The summed E-state index contributed by atoms with van der Waals surface area (Å²) in [6.45, 7) is 0. The van der Waals surface area contributed by atoms with Crippen molar-refractivity contribution in [2.45, 2.75) is 0 Å². The van der Waals surface area contributed by atoms with Crippen molar-refractivity contribution in [3.05, 3.63) is 100 Å². The van der Waals surface area contributed by atoms with Gasteiger partial charge in [0.25, 0.3) is 11.8 Å². The lowest BCUT2D eigenvalue weighted by Gasteiger charge is -2.26. The Morgan fingerprint density at radius 1 is 0.875 bits per heavy atom. The summed E-state index contributed by atoms with van der Waals surface area (Å²) in [7, 11) is 0. The van der Waals surface area contributed by atoms with Crippen LogP contribution < -0.4 is 15.0 Å². The normalized spacial score (nSPS) is 15.0. The summed E-state index contributed by atoms with van der Waals surface area (Å²) >= 11 is 3.30. The second-order valence-corrected chi connectivity index (χ2v) is 7.67. The lowest BCUT2D eigenvalue weighted by molar-refractivity contribution is -0.122. The second kappa shape index (κ2) is 8.99. The molecule has 32 heavy (non-hydrogen) atoms. The van der Waals surface area contributed by atoms with Crippen molar-refractivity contribution in [2.75, 3.05) is 4.90 Å². The predicted octanol–water partition coefficient (Wildman–Crippen LogP) is 4.33. The van der Waals surface area contributed by atoms with E-state index in [0.717, 1.165) is 9.37 Å². The van der Waals surface area contributed by atoms with Gasteiger partial charge in [0.1, 0.15) is 11.3 Å². The maximum absolute atomic E-state index is 12.9. The smallest absolute Gasteiger partial charge is 0.343 e. The number of nitrogens with one attached hydrogen (secondary N) is 1. The fourth-order valence-corrected chi connectivity index (χ4v) is 3.29. The van der Waals surface area contributed by atoms with Gasteiger partial charge in [0.2, 0.25) is 0 Å². The molecule has 1 N–H and O–H groups in total. The van der Waals surface area contributed by atoms with Crippen LogP contribution in [0.3, 0.4) is 0 Å². The van der Waals surface area contributed by atoms with Crippen molar-refractivity contribution in [3.63, 3.8) is 0 Å². The monoisotopic (exact) mass is 490 g/mol. The molecule has 0 aromatic heterocycles. The highest BCUT2D eigenvalue weighted by Crippen LogP contribution is 2.24. The van der Waals surface area contributed by atoms with Gasteiger partial charge in [0, 0.05) is 4.47 Å². The number of amides is 4. The lowest BCUT2D eigenvalue weighted by Crippen LogP contribution is -2.54. The van der Waals surface area contributed by atoms with Crippen molar-refractivity contribution >= 4 is 51.5 Å². The highest BCUT2D eigenvalue weighted by Gasteiger charge is 2.36. The first-order valence-corrected chi connectivity index (χ1v) is 10.3. The summed E-state index contributed by atoms with van der Waals surface area (Å²) in [6, 6.07) is 20.6. The average molecular weight is 491 g/mol. The summed E-state index contributed by atoms with van der Waals surface area (Å²) in [6.07, 6.45) is 1.37. The van der Waals surface area contributed by atoms with Crippen LogP contribution in [-0.2, 0) is 9.59 Å². The molecule has 4 rings (SSSR count). The number of nitrogens with zero attached hydrogens (tertiary/aromatic N) is 1. The molecule has 7 nitrogen and oxygen atoms in total. The van der Waals surface area contributed by atoms with Gasteiger partial charge < -0.3 is 4.74 Å². The third-order valence-corrected chi connectivity index (χ3v) is 5.13. The van der Waals surface area contributed by atoms with Gasteiger partial charge in [-0.05, 0) is 60.2 Å². The summed E-state index contributed by atoms with van der Waals surface area (Å²) in [4.78, 5) is 50.5. The van der Waals surface area contributed by atoms with E-state index in [1.54, 1.807) is 78.9 Å². The number of urea groups is 1. The van der Waals surface area contributed by atoms with Crippen LogP contribution >= 0.6 is 15.9 Å². The molecule has 0 atom stereocenters. The highest BCUT2D eigenvalue weighted by molar-refractivity contribution is 9.10. The van der Waals surface area contributed by atoms with Crippen LogP contribution in [0.5, 0.6) is 5.75 Å². The van der Waals surface area contributed by atoms with Gasteiger partial charge in [-0.3, -0.25) is 14.9 Å². The Labute approximate surface area is 191 Å². The van der Waals surface area contributed by atoms with E-state index in [2.05, 4.69) is 21.2 Å². The van der Waals surface area contributed by atoms with Gasteiger partial charge >= 0.3 is 12.0 Å². The number of carbonyl (C=O) groups excluding carboxylic acids is 4. The minimum atomic E-state index is -0.817. The van der Waals surface area contributed by atoms with Crippen molar-refractivity contribution < 1.29 is 23.9 Å². The van der Waals surface area contributed by atoms with Crippen LogP contribution in [0.15, 0.2) is 88.9 Å². The van der Waals surface area contributed by atoms with Crippen LogP contribution in [0.1, 0.15) is 15.9 Å². The number of imide groups is 2. The van der Waals surface area contributed by atoms with E-state index in [1.807, 2.05) is 0 Å². The zero-order chi connectivity index (χ0) is 22.7. The molecule has 3 aromatic carbocycles. The fraction of sp³-hybridized carbons (Fsp3) is 0. The van der Waals surface area contributed by atoms with Crippen molar-refractivity contribution in [3.8, 4) is 5.75 Å². The molecule has 1 saturated heterocycles. The van der Waals surface area contributed by atoms with Crippen molar-refractivity contribution in [1.29, 1.82) is 0 Å². The molecule has 0 aliphatic carbocycles. The zero-order valence-corrected chi connectivity index (χ0v) is 18.0. The minimum Gasteiger partial charge on any atom is -0.423 e. The average Bonchev–Trinajstić information content (AvgIpc) is 2.79. The van der Waals surface area contributed by atoms with E-state index in [9.17, 15) is 19.2 Å². The molecule has 0 saturated carbocycles. The van der Waals surface area contributed by atoms with Crippen molar-refractivity contribution in [2.24, 2.45) is 0 Å². The minimum absolute atomic E-state index is 0.193. The van der Waals surface area contributed by atoms with E-state index >= 15 is 0 Å². The van der Waals surface area contributed by atoms with Crippen LogP contribution in [0.25, 0.3) is 6.08 Å². The fourth-order valence-electron chi connectivity index (χ4n) is 3.02. The van der Waals surface area contributed by atoms with E-state index in [1.165, 1.54) is 6.08 Å². The molecule has 0 unspecified atom stereocenters. The zero-order valence-electron chi connectivity index (χ0n) is 16.4. The summed E-state index contributed by atoms with van der Waals surface area (Å²) in [5.74, 6) is -1.71. The number of carbonyl (C=O) groups is 4. The van der Waals surface area contributed by atoms with E-state index < -0.39 is 23.8 Å². The van der Waals surface area contributed by atoms with Gasteiger partial charge in [-0.15, -0.1) is 0 Å². The van der Waals surface area contributed by atoms with Crippen LogP contribution in [-0.4, -0.2) is 23.8 Å². The molecule has 4 amide bonds. The number of hydrogen-bond donors (Lipinski definition) is 1. The first-order chi connectivity index (χ1) is 15.4. The number of anilines is 1. The Balaban J connectivity index is 1.55. The largest absolute Gasteiger partial charge is 0.423 e. The molecular formula is C24H15BrN2O5. The van der Waals surface area contributed by atoms with Crippen LogP contribution in [0.2, 0.25) is 0 Å². The Hall–Kier alpha value is -4.04. The number of esters is 1. The molecule has 3 aromatic rings. The third-order valence-electron chi connectivity index (χ3n) is 4.60. The summed E-state index contributed by atoms with van der Waals surface area (Å²) in [5, 5.41) is 2.18. The standard InChI is InChI=1S/C24H15BrN2O5/c25-17-8-10-18(11-9-17)27-22(29)20(21(28)26-24(27)31)14-15-6-12-19(13-7-15)32-23(30)16-4-2-1-3-5-16/h1-14H,(H,26,28,31)/b20-14-.